The van der Waals surface area contributed by atoms with Gasteiger partial charge in [-0.25, -0.2) is 25.3 Å². The van der Waals surface area contributed by atoms with E-state index in [-0.39, 0.29) is 52.3 Å². The van der Waals surface area contributed by atoms with Gasteiger partial charge in [0.15, 0.2) is 5.78 Å². The predicted molar refractivity (Wildman–Crippen MR) is 231 cm³/mol. The highest BCUT2D eigenvalue weighted by Crippen LogP contribution is 2.48. The van der Waals surface area contributed by atoms with Gasteiger partial charge in [-0.2, -0.15) is 0 Å². The van der Waals surface area contributed by atoms with Crippen molar-refractivity contribution in [3.8, 4) is 22.3 Å². The first-order valence-corrected chi connectivity index (χ1v) is 24.0. The van der Waals surface area contributed by atoms with E-state index in [4.69, 9.17) is 0 Å². The summed E-state index contributed by atoms with van der Waals surface area (Å²) >= 11 is 0. The molecule has 0 saturated heterocycles. The van der Waals surface area contributed by atoms with Crippen LogP contribution in [0.1, 0.15) is 61.1 Å². The molecule has 0 saturated carbocycles. The Balaban J connectivity index is 0.977. The van der Waals surface area contributed by atoms with Crippen LogP contribution < -0.4 is 0 Å². The molecule has 296 valence electrons. The number of carbonyl (C=O) groups excluding carboxylic acids is 1. The lowest BCUT2D eigenvalue weighted by Crippen LogP contribution is -2.20. The molecule has 8 aromatic rings. The molecule has 8 aromatic carbocycles. The van der Waals surface area contributed by atoms with Gasteiger partial charge < -0.3 is 0 Å². The largest absolute Gasteiger partial charge is 0.289 e. The Kier molecular flexibility index (Phi) is 8.19. The molecule has 61 heavy (non-hydrogen) atoms. The second-order valence-corrected chi connectivity index (χ2v) is 21.2. The van der Waals surface area contributed by atoms with Gasteiger partial charge in [-0.1, -0.05) is 133 Å². The van der Waals surface area contributed by atoms with E-state index in [1.165, 1.54) is 12.1 Å². The van der Waals surface area contributed by atoms with Gasteiger partial charge in [-0.3, -0.25) is 4.79 Å². The molecule has 7 nitrogen and oxygen atoms in total. The zero-order valence-electron chi connectivity index (χ0n) is 32.1. The first-order chi connectivity index (χ1) is 29.4. The van der Waals surface area contributed by atoms with E-state index < -0.39 is 35.3 Å². The summed E-state index contributed by atoms with van der Waals surface area (Å²) in [6.07, 6.45) is 0. The predicted octanol–water partition coefficient (Wildman–Crippen LogP) is 10.1. The van der Waals surface area contributed by atoms with Gasteiger partial charge in [-0.15, -0.1) is 0 Å². The van der Waals surface area contributed by atoms with Crippen LogP contribution >= 0.6 is 0 Å². The SMILES string of the molecule is O=C1c2cc(-c3cccc(C4c5ccccc5S(=O)(=O)c5ccccc54)c3)ccc2S(=O)(=O)c2ccc(-c3cccc(C4c5ccccc5S(=O)(=O)c5ccccc54)c3)cc21. The van der Waals surface area contributed by atoms with Crippen molar-refractivity contribution in [1.29, 1.82) is 0 Å². The fourth-order valence-corrected chi connectivity index (χ4v) is 14.6. The molecular formula is C51H32O7S3. The van der Waals surface area contributed by atoms with Gasteiger partial charge >= 0.3 is 0 Å². The van der Waals surface area contributed by atoms with Crippen LogP contribution in [0.5, 0.6) is 0 Å². The summed E-state index contributed by atoms with van der Waals surface area (Å²) in [7, 11) is -11.5. The second kappa shape index (κ2) is 13.4. The molecule has 0 N–H and O–H groups in total. The van der Waals surface area contributed by atoms with Crippen molar-refractivity contribution in [2.75, 3.05) is 0 Å². The van der Waals surface area contributed by atoms with Crippen LogP contribution in [-0.2, 0) is 29.5 Å². The van der Waals surface area contributed by atoms with Crippen LogP contribution in [0.3, 0.4) is 0 Å². The third-order valence-electron chi connectivity index (χ3n) is 12.2. The Morgan fingerprint density at radius 1 is 0.295 bits per heavy atom. The number of hydrogen-bond acceptors (Lipinski definition) is 7. The van der Waals surface area contributed by atoms with Gasteiger partial charge in [0.1, 0.15) is 0 Å². The third-order valence-corrected chi connectivity index (χ3v) is 17.9. The monoisotopic (exact) mass is 852 g/mol. The first-order valence-electron chi connectivity index (χ1n) is 19.6. The molecule has 0 radical (unpaired) electrons. The van der Waals surface area contributed by atoms with Crippen LogP contribution in [0.2, 0.25) is 0 Å². The lowest BCUT2D eigenvalue weighted by molar-refractivity contribution is 0.103. The molecule has 0 fully saturated rings. The minimum Gasteiger partial charge on any atom is -0.289 e. The number of benzene rings is 8. The Morgan fingerprint density at radius 3 is 0.967 bits per heavy atom. The summed E-state index contributed by atoms with van der Waals surface area (Å²) < 4.78 is 83.0. The second-order valence-electron chi connectivity index (χ2n) is 15.5. The lowest BCUT2D eigenvalue weighted by atomic mass is 9.83. The third kappa shape index (κ3) is 5.52. The number of rotatable bonds is 4. The van der Waals surface area contributed by atoms with E-state index in [0.717, 1.165) is 22.3 Å². The average Bonchev–Trinajstić information content (AvgIpc) is 3.28. The molecular weight excluding hydrogens is 821 g/mol. The maximum absolute atomic E-state index is 14.5. The number of carbonyl (C=O) groups is 1. The zero-order chi connectivity index (χ0) is 41.8. The molecule has 10 heteroatoms. The normalized spacial score (nSPS) is 16.6. The Hall–Kier alpha value is -6.72. The fraction of sp³-hybridized carbons (Fsp3) is 0.0392. The molecule has 3 aliphatic heterocycles. The molecule has 3 heterocycles. The van der Waals surface area contributed by atoms with E-state index in [2.05, 4.69) is 0 Å². The summed E-state index contributed by atoms with van der Waals surface area (Å²) in [4.78, 5) is 15.4. The van der Waals surface area contributed by atoms with Crippen LogP contribution in [-0.4, -0.2) is 31.0 Å². The summed E-state index contributed by atoms with van der Waals surface area (Å²) in [5.41, 5.74) is 7.27. The lowest BCUT2D eigenvalue weighted by Gasteiger charge is -2.29. The van der Waals surface area contributed by atoms with E-state index in [9.17, 15) is 30.0 Å². The van der Waals surface area contributed by atoms with Crippen molar-refractivity contribution >= 4 is 35.3 Å². The van der Waals surface area contributed by atoms with Crippen LogP contribution in [0.25, 0.3) is 22.3 Å². The topological polar surface area (TPSA) is 119 Å². The summed E-state index contributed by atoms with van der Waals surface area (Å²) in [5, 5.41) is 0. The molecule has 3 aliphatic rings. The van der Waals surface area contributed by atoms with E-state index in [1.54, 1.807) is 72.8 Å². The van der Waals surface area contributed by atoms with E-state index in [0.29, 0.717) is 33.4 Å². The van der Waals surface area contributed by atoms with Crippen molar-refractivity contribution in [2.24, 2.45) is 0 Å². The van der Waals surface area contributed by atoms with Crippen molar-refractivity contribution in [2.45, 2.75) is 41.2 Å². The van der Waals surface area contributed by atoms with Crippen LogP contribution in [0.15, 0.2) is 211 Å². The van der Waals surface area contributed by atoms with Crippen LogP contribution in [0, 0.1) is 0 Å². The van der Waals surface area contributed by atoms with Gasteiger partial charge in [0.05, 0.1) is 29.4 Å². The zero-order valence-corrected chi connectivity index (χ0v) is 34.5. The molecule has 11 rings (SSSR count). The van der Waals surface area contributed by atoms with Crippen molar-refractivity contribution in [3.63, 3.8) is 0 Å². The number of fused-ring (bicyclic) bond motifs is 6. The first kappa shape index (κ1) is 37.3. The molecule has 0 aromatic heterocycles. The quantitative estimate of drug-likeness (QED) is 0.173. The molecule has 0 bridgehead atoms. The minimum atomic E-state index is -4.07. The van der Waals surface area contributed by atoms with Crippen molar-refractivity contribution < 1.29 is 30.0 Å². The summed E-state index contributed by atoms with van der Waals surface area (Å²) in [5.74, 6) is -1.18. The molecule has 0 spiro atoms. The standard InChI is InChI=1S/C51H32O7S3/c52-51-41-29-33(31-11-9-13-35(27-31)49-37-15-1-5-19-43(37)59(53,54)44-20-6-2-16-38(44)49)23-25-47(41)61(57,58)48-26-24-34(30-42(48)51)32-12-10-14-36(28-32)50-39-17-3-7-21-45(39)60(55,56)46-22-8-4-18-40(46)50/h1-30,49-50H. The van der Waals surface area contributed by atoms with Gasteiger partial charge in [0, 0.05) is 23.0 Å². The molecule has 0 atom stereocenters. The van der Waals surface area contributed by atoms with E-state index >= 15 is 0 Å². The molecule has 0 aliphatic carbocycles. The maximum Gasteiger partial charge on any atom is 0.208 e. The summed E-state index contributed by atoms with van der Waals surface area (Å²) in [6.45, 7) is 0. The molecule has 0 amide bonds. The summed E-state index contributed by atoms with van der Waals surface area (Å²) in [6, 6.07) is 53.1. The average molecular weight is 853 g/mol. The number of sulfone groups is 3. The van der Waals surface area contributed by atoms with Gasteiger partial charge in [0.2, 0.25) is 29.5 Å². The number of hydrogen-bond donors (Lipinski definition) is 0. The Labute approximate surface area is 353 Å². The van der Waals surface area contributed by atoms with E-state index in [1.807, 2.05) is 97.1 Å². The fourth-order valence-electron chi connectivity index (χ4n) is 9.45. The Bertz CT molecular complexity index is 3240. The molecule has 0 unspecified atom stereocenters. The van der Waals surface area contributed by atoms with Gasteiger partial charge in [-0.05, 0) is 104 Å². The number of ketones is 1. The Morgan fingerprint density at radius 2 is 0.607 bits per heavy atom. The highest BCUT2D eigenvalue weighted by Gasteiger charge is 2.39. The maximum atomic E-state index is 14.5. The van der Waals surface area contributed by atoms with Gasteiger partial charge in [0.25, 0.3) is 0 Å². The highest BCUT2D eigenvalue weighted by atomic mass is 32.2. The highest BCUT2D eigenvalue weighted by molar-refractivity contribution is 7.92. The van der Waals surface area contributed by atoms with Crippen molar-refractivity contribution in [1.82, 2.24) is 0 Å². The van der Waals surface area contributed by atoms with Crippen molar-refractivity contribution in [3.05, 3.63) is 226 Å². The smallest absolute Gasteiger partial charge is 0.208 e. The van der Waals surface area contributed by atoms with Crippen LogP contribution in [0.4, 0.5) is 0 Å². The minimum absolute atomic E-state index is 0.0652.